The largest absolute Gasteiger partial charge is 0.326 e. The summed E-state index contributed by atoms with van der Waals surface area (Å²) >= 11 is 6.30. The first kappa shape index (κ1) is 15.8. The van der Waals surface area contributed by atoms with E-state index in [1.165, 1.54) is 5.56 Å². The third-order valence-electron chi connectivity index (χ3n) is 3.47. The smallest absolute Gasteiger partial charge is 0.141 e. The fourth-order valence-corrected chi connectivity index (χ4v) is 2.55. The molecule has 0 aliphatic carbocycles. The second-order valence-electron chi connectivity index (χ2n) is 5.21. The Bertz CT molecular complexity index is 625. The van der Waals surface area contributed by atoms with Gasteiger partial charge in [-0.25, -0.2) is 9.97 Å². The first-order valence-electron chi connectivity index (χ1n) is 7.44. The van der Waals surface area contributed by atoms with Gasteiger partial charge in [0.1, 0.15) is 16.8 Å². The molecule has 0 radical (unpaired) electrons. The summed E-state index contributed by atoms with van der Waals surface area (Å²) in [5.41, 5.74) is 3.30. The molecule has 2 rings (SSSR count). The molecule has 0 atom stereocenters. The van der Waals surface area contributed by atoms with Gasteiger partial charge < -0.3 is 4.90 Å². The van der Waals surface area contributed by atoms with Gasteiger partial charge in [-0.05, 0) is 44.9 Å². The minimum atomic E-state index is 0.551. The summed E-state index contributed by atoms with van der Waals surface area (Å²) in [6, 6.07) is 8.43. The SMILES string of the molecule is CCCc1nc(Cl)c(C)c(N(CC)c2cccc(C)c2)n1. The summed E-state index contributed by atoms with van der Waals surface area (Å²) < 4.78 is 0. The van der Waals surface area contributed by atoms with Gasteiger partial charge in [-0.2, -0.15) is 0 Å². The predicted molar refractivity (Wildman–Crippen MR) is 89.6 cm³/mol. The summed E-state index contributed by atoms with van der Waals surface area (Å²) in [5.74, 6) is 1.72. The quantitative estimate of drug-likeness (QED) is 0.739. The highest BCUT2D eigenvalue weighted by Crippen LogP contribution is 2.30. The number of aryl methyl sites for hydroxylation is 2. The molecule has 2 aromatic rings. The van der Waals surface area contributed by atoms with Crippen molar-refractivity contribution < 1.29 is 0 Å². The fourth-order valence-electron chi connectivity index (χ4n) is 2.37. The van der Waals surface area contributed by atoms with Gasteiger partial charge in [0.25, 0.3) is 0 Å². The lowest BCUT2D eigenvalue weighted by molar-refractivity contribution is 0.820. The Morgan fingerprint density at radius 1 is 1.14 bits per heavy atom. The van der Waals surface area contributed by atoms with Gasteiger partial charge in [0.2, 0.25) is 0 Å². The van der Waals surface area contributed by atoms with E-state index in [2.05, 4.69) is 54.9 Å². The van der Waals surface area contributed by atoms with Crippen molar-refractivity contribution in [2.45, 2.75) is 40.5 Å². The lowest BCUT2D eigenvalue weighted by atomic mass is 10.2. The van der Waals surface area contributed by atoms with E-state index in [1.54, 1.807) is 0 Å². The maximum atomic E-state index is 6.30. The van der Waals surface area contributed by atoms with Crippen LogP contribution >= 0.6 is 11.6 Å². The first-order chi connectivity index (χ1) is 10.1. The Labute approximate surface area is 132 Å². The molecule has 0 bridgehead atoms. The van der Waals surface area contributed by atoms with Crippen molar-refractivity contribution in [3.05, 3.63) is 46.4 Å². The lowest BCUT2D eigenvalue weighted by Crippen LogP contribution is -2.20. The molecule has 21 heavy (non-hydrogen) atoms. The molecule has 0 unspecified atom stereocenters. The van der Waals surface area contributed by atoms with E-state index in [9.17, 15) is 0 Å². The van der Waals surface area contributed by atoms with Crippen LogP contribution in [0.25, 0.3) is 0 Å². The highest BCUT2D eigenvalue weighted by atomic mass is 35.5. The number of benzene rings is 1. The van der Waals surface area contributed by atoms with Crippen molar-refractivity contribution >= 4 is 23.1 Å². The molecule has 0 N–H and O–H groups in total. The van der Waals surface area contributed by atoms with Crippen LogP contribution in [0.15, 0.2) is 24.3 Å². The third kappa shape index (κ3) is 3.53. The number of anilines is 2. The van der Waals surface area contributed by atoms with Crippen LogP contribution in [0.5, 0.6) is 0 Å². The second kappa shape index (κ2) is 6.90. The van der Waals surface area contributed by atoms with Crippen LogP contribution in [0.1, 0.15) is 37.2 Å². The number of halogens is 1. The molecule has 1 aromatic heterocycles. The van der Waals surface area contributed by atoms with E-state index >= 15 is 0 Å². The summed E-state index contributed by atoms with van der Waals surface area (Å²) in [6.45, 7) is 9.15. The van der Waals surface area contributed by atoms with Crippen LogP contribution in [0.3, 0.4) is 0 Å². The zero-order valence-corrected chi connectivity index (χ0v) is 13.9. The maximum Gasteiger partial charge on any atom is 0.141 e. The zero-order valence-electron chi connectivity index (χ0n) is 13.2. The summed E-state index contributed by atoms with van der Waals surface area (Å²) in [6.07, 6.45) is 1.85. The molecule has 0 aliphatic rings. The highest BCUT2D eigenvalue weighted by molar-refractivity contribution is 6.30. The molecular weight excluding hydrogens is 282 g/mol. The highest BCUT2D eigenvalue weighted by Gasteiger charge is 2.16. The maximum absolute atomic E-state index is 6.30. The minimum Gasteiger partial charge on any atom is -0.326 e. The number of rotatable bonds is 5. The van der Waals surface area contributed by atoms with Crippen molar-refractivity contribution in [3.63, 3.8) is 0 Å². The Morgan fingerprint density at radius 2 is 1.90 bits per heavy atom. The summed E-state index contributed by atoms with van der Waals surface area (Å²) in [5, 5.41) is 0.551. The van der Waals surface area contributed by atoms with Crippen LogP contribution in [-0.2, 0) is 6.42 Å². The molecule has 0 saturated heterocycles. The topological polar surface area (TPSA) is 29.0 Å². The van der Waals surface area contributed by atoms with Crippen LogP contribution in [0.4, 0.5) is 11.5 Å². The average Bonchev–Trinajstić information content (AvgIpc) is 2.45. The minimum absolute atomic E-state index is 0.551. The average molecular weight is 304 g/mol. The number of hydrogen-bond acceptors (Lipinski definition) is 3. The van der Waals surface area contributed by atoms with Crippen LogP contribution in [0, 0.1) is 13.8 Å². The first-order valence-corrected chi connectivity index (χ1v) is 7.81. The third-order valence-corrected chi connectivity index (χ3v) is 3.83. The summed E-state index contributed by atoms with van der Waals surface area (Å²) in [4.78, 5) is 11.3. The van der Waals surface area contributed by atoms with Crippen molar-refractivity contribution in [1.29, 1.82) is 0 Å². The Morgan fingerprint density at radius 3 is 2.52 bits per heavy atom. The van der Waals surface area contributed by atoms with Crippen LogP contribution < -0.4 is 4.90 Å². The molecule has 1 heterocycles. The number of hydrogen-bond donors (Lipinski definition) is 0. The standard InChI is InChI=1S/C17H22ClN3/c1-5-8-15-19-16(18)13(4)17(20-15)21(6-2)14-10-7-9-12(3)11-14/h7,9-11H,5-6,8H2,1-4H3. The van der Waals surface area contributed by atoms with E-state index in [0.717, 1.165) is 42.3 Å². The Hall–Kier alpha value is -1.61. The summed E-state index contributed by atoms with van der Waals surface area (Å²) in [7, 11) is 0. The molecule has 0 fully saturated rings. The molecule has 112 valence electrons. The van der Waals surface area contributed by atoms with Gasteiger partial charge in [0.15, 0.2) is 0 Å². The van der Waals surface area contributed by atoms with Gasteiger partial charge in [-0.15, -0.1) is 0 Å². The number of aromatic nitrogens is 2. The van der Waals surface area contributed by atoms with Gasteiger partial charge in [-0.3, -0.25) is 0 Å². The van der Waals surface area contributed by atoms with E-state index in [-0.39, 0.29) is 0 Å². The molecule has 0 saturated carbocycles. The second-order valence-corrected chi connectivity index (χ2v) is 5.57. The predicted octanol–water partition coefficient (Wildman–Crippen LogP) is 4.86. The van der Waals surface area contributed by atoms with Gasteiger partial charge in [0.05, 0.1) is 0 Å². The van der Waals surface area contributed by atoms with Crippen LogP contribution in [-0.4, -0.2) is 16.5 Å². The molecule has 0 aliphatic heterocycles. The van der Waals surface area contributed by atoms with Gasteiger partial charge in [-0.1, -0.05) is 30.7 Å². The monoisotopic (exact) mass is 303 g/mol. The molecule has 1 aromatic carbocycles. The molecule has 0 spiro atoms. The van der Waals surface area contributed by atoms with Crippen molar-refractivity contribution in [2.75, 3.05) is 11.4 Å². The molecule has 3 nitrogen and oxygen atoms in total. The van der Waals surface area contributed by atoms with Crippen molar-refractivity contribution in [3.8, 4) is 0 Å². The van der Waals surface area contributed by atoms with Crippen molar-refractivity contribution in [2.24, 2.45) is 0 Å². The van der Waals surface area contributed by atoms with E-state index < -0.39 is 0 Å². The van der Waals surface area contributed by atoms with Gasteiger partial charge in [0, 0.05) is 24.2 Å². The number of nitrogens with zero attached hydrogens (tertiary/aromatic N) is 3. The zero-order chi connectivity index (χ0) is 15.4. The normalized spacial score (nSPS) is 10.7. The van der Waals surface area contributed by atoms with Crippen molar-refractivity contribution in [1.82, 2.24) is 9.97 Å². The molecular formula is C17H22ClN3. The van der Waals surface area contributed by atoms with E-state index in [4.69, 9.17) is 16.6 Å². The van der Waals surface area contributed by atoms with E-state index in [0.29, 0.717) is 5.15 Å². The molecule has 0 amide bonds. The Balaban J connectivity index is 2.51. The molecule has 4 heteroatoms. The van der Waals surface area contributed by atoms with Crippen LogP contribution in [0.2, 0.25) is 5.15 Å². The lowest BCUT2D eigenvalue weighted by Gasteiger charge is -2.25. The van der Waals surface area contributed by atoms with E-state index in [1.807, 2.05) is 6.92 Å². The van der Waals surface area contributed by atoms with Gasteiger partial charge >= 0.3 is 0 Å². The Kier molecular flexibility index (Phi) is 5.18. The fraction of sp³-hybridized carbons (Fsp3) is 0.412.